The molecule has 9 nitrogen and oxygen atoms in total. The van der Waals surface area contributed by atoms with Crippen molar-refractivity contribution in [2.24, 2.45) is 0 Å². The highest BCUT2D eigenvalue weighted by Crippen LogP contribution is 2.31. The Balaban J connectivity index is 1.70. The maximum Gasteiger partial charge on any atom is 0.228 e. The highest BCUT2D eigenvalue weighted by atomic mass is 32.2. The van der Waals surface area contributed by atoms with E-state index in [1.165, 1.54) is 5.56 Å². The number of hydrogen-bond acceptors (Lipinski definition) is 10. The monoisotopic (exact) mass is 488 g/mol. The summed E-state index contributed by atoms with van der Waals surface area (Å²) in [5.41, 5.74) is 2.58. The summed E-state index contributed by atoms with van der Waals surface area (Å²) in [4.78, 5) is 22.4. The van der Waals surface area contributed by atoms with Crippen LogP contribution in [-0.4, -0.2) is 91.0 Å². The van der Waals surface area contributed by atoms with Gasteiger partial charge in [-0.25, -0.2) is 15.0 Å². The lowest BCUT2D eigenvalue weighted by Crippen LogP contribution is -2.39. The van der Waals surface area contributed by atoms with Crippen LogP contribution in [0.5, 0.6) is 0 Å². The molecule has 0 spiro atoms. The third-order valence-electron chi connectivity index (χ3n) is 5.39. The first-order chi connectivity index (χ1) is 16.2. The SMILES string of the molecule is O=S1CCN(c2nc(N(CCO)CCO)nc3c(SCCc4ccccc4)ncnc23)CC1. The predicted molar refractivity (Wildman–Crippen MR) is 132 cm³/mol. The zero-order chi connectivity index (χ0) is 23.0. The topological polar surface area (TPSA) is 116 Å². The van der Waals surface area contributed by atoms with Crippen LogP contribution in [0.1, 0.15) is 5.56 Å². The van der Waals surface area contributed by atoms with Crippen LogP contribution in [-0.2, 0) is 17.2 Å². The van der Waals surface area contributed by atoms with Gasteiger partial charge in [0.2, 0.25) is 5.95 Å². The van der Waals surface area contributed by atoms with Gasteiger partial charge in [0.05, 0.1) is 13.2 Å². The van der Waals surface area contributed by atoms with Gasteiger partial charge in [-0.05, 0) is 12.0 Å². The molecule has 0 amide bonds. The first-order valence-corrected chi connectivity index (χ1v) is 13.4. The summed E-state index contributed by atoms with van der Waals surface area (Å²) in [6, 6.07) is 10.3. The highest BCUT2D eigenvalue weighted by Gasteiger charge is 2.24. The number of fused-ring (bicyclic) bond motifs is 1. The van der Waals surface area contributed by atoms with E-state index in [9.17, 15) is 14.4 Å². The molecule has 0 bridgehead atoms. The predicted octanol–water partition coefficient (Wildman–Crippen LogP) is 1.11. The molecule has 0 atom stereocenters. The Bertz CT molecular complexity index is 1070. The summed E-state index contributed by atoms with van der Waals surface area (Å²) < 4.78 is 11.9. The Hall–Kier alpha value is -2.34. The molecule has 1 saturated heterocycles. The zero-order valence-corrected chi connectivity index (χ0v) is 20.0. The van der Waals surface area contributed by atoms with Crippen LogP contribution < -0.4 is 9.80 Å². The normalized spacial score (nSPS) is 14.7. The first kappa shape index (κ1) is 23.8. The number of rotatable bonds is 10. The van der Waals surface area contributed by atoms with E-state index in [0.29, 0.717) is 60.5 Å². The van der Waals surface area contributed by atoms with Crippen molar-refractivity contribution in [2.75, 3.05) is 66.5 Å². The number of aryl methyl sites for hydroxylation is 1. The second-order valence-corrected chi connectivity index (χ2v) is 10.4. The summed E-state index contributed by atoms with van der Waals surface area (Å²) in [7, 11) is -0.814. The molecule has 1 aliphatic heterocycles. The van der Waals surface area contributed by atoms with Crippen LogP contribution in [0.2, 0.25) is 0 Å². The quantitative estimate of drug-likeness (QED) is 0.318. The van der Waals surface area contributed by atoms with Crippen molar-refractivity contribution >= 4 is 45.4 Å². The van der Waals surface area contributed by atoms with Crippen molar-refractivity contribution in [1.29, 1.82) is 0 Å². The van der Waals surface area contributed by atoms with E-state index < -0.39 is 10.8 Å². The van der Waals surface area contributed by atoms with E-state index >= 15 is 0 Å². The van der Waals surface area contributed by atoms with Crippen molar-refractivity contribution in [3.63, 3.8) is 0 Å². The van der Waals surface area contributed by atoms with Crippen LogP contribution in [0.25, 0.3) is 11.0 Å². The van der Waals surface area contributed by atoms with Gasteiger partial charge in [-0.15, -0.1) is 11.8 Å². The molecule has 0 aliphatic carbocycles. The Morgan fingerprint density at radius 2 is 1.73 bits per heavy atom. The van der Waals surface area contributed by atoms with Gasteiger partial charge in [0, 0.05) is 54.2 Å². The number of thioether (sulfide) groups is 1. The van der Waals surface area contributed by atoms with E-state index in [2.05, 4.69) is 27.0 Å². The fraction of sp³-hybridized carbons (Fsp3) is 0.455. The molecule has 33 heavy (non-hydrogen) atoms. The van der Waals surface area contributed by atoms with E-state index in [1.807, 2.05) is 18.2 Å². The average molecular weight is 489 g/mol. The number of aliphatic hydroxyl groups is 2. The summed E-state index contributed by atoms with van der Waals surface area (Å²) >= 11 is 1.62. The van der Waals surface area contributed by atoms with Gasteiger partial charge in [0.15, 0.2) is 5.82 Å². The molecule has 0 unspecified atom stereocenters. The van der Waals surface area contributed by atoms with Gasteiger partial charge >= 0.3 is 0 Å². The highest BCUT2D eigenvalue weighted by molar-refractivity contribution is 7.99. The Kier molecular flexibility index (Phi) is 8.43. The van der Waals surface area contributed by atoms with E-state index in [1.54, 1.807) is 23.0 Å². The molecule has 1 aliphatic rings. The van der Waals surface area contributed by atoms with Crippen molar-refractivity contribution in [1.82, 2.24) is 19.9 Å². The van der Waals surface area contributed by atoms with Gasteiger partial charge in [0.1, 0.15) is 22.4 Å². The minimum absolute atomic E-state index is 0.0800. The molecule has 1 fully saturated rings. The molecule has 11 heteroatoms. The molecule has 3 aromatic rings. The first-order valence-electron chi connectivity index (χ1n) is 11.0. The number of benzene rings is 1. The van der Waals surface area contributed by atoms with Crippen LogP contribution >= 0.6 is 11.8 Å². The fourth-order valence-electron chi connectivity index (χ4n) is 3.68. The Morgan fingerprint density at radius 3 is 2.42 bits per heavy atom. The summed E-state index contributed by atoms with van der Waals surface area (Å²) in [5.74, 6) is 3.11. The fourth-order valence-corrected chi connectivity index (χ4v) is 5.66. The number of anilines is 2. The molecule has 2 aromatic heterocycles. The number of hydrogen-bond donors (Lipinski definition) is 2. The average Bonchev–Trinajstić information content (AvgIpc) is 2.85. The van der Waals surface area contributed by atoms with E-state index in [-0.39, 0.29) is 13.2 Å². The molecule has 2 N–H and O–H groups in total. The van der Waals surface area contributed by atoms with Gasteiger partial charge in [0.25, 0.3) is 0 Å². The minimum atomic E-state index is -0.814. The Labute approximate surface area is 199 Å². The lowest BCUT2D eigenvalue weighted by Gasteiger charge is -2.29. The van der Waals surface area contributed by atoms with Gasteiger partial charge in [-0.1, -0.05) is 30.3 Å². The number of aliphatic hydroxyl groups excluding tert-OH is 2. The van der Waals surface area contributed by atoms with Gasteiger partial charge in [-0.2, -0.15) is 4.98 Å². The Morgan fingerprint density at radius 1 is 1.00 bits per heavy atom. The van der Waals surface area contributed by atoms with Crippen molar-refractivity contribution in [3.8, 4) is 0 Å². The summed E-state index contributed by atoms with van der Waals surface area (Å²) in [6.45, 7) is 1.70. The zero-order valence-electron chi connectivity index (χ0n) is 18.3. The number of nitrogens with zero attached hydrogens (tertiary/aromatic N) is 6. The molecule has 3 heterocycles. The summed E-state index contributed by atoms with van der Waals surface area (Å²) in [5, 5.41) is 19.8. The van der Waals surface area contributed by atoms with Crippen LogP contribution in [0.15, 0.2) is 41.7 Å². The van der Waals surface area contributed by atoms with Crippen LogP contribution in [0.3, 0.4) is 0 Å². The van der Waals surface area contributed by atoms with Gasteiger partial charge in [-0.3, -0.25) is 4.21 Å². The standard InChI is InChI=1S/C22H28N6O3S2/c29-11-7-28(8-12-30)22-25-19-18(20(26-22)27-9-14-33(31)15-10-27)23-16-24-21(19)32-13-6-17-4-2-1-3-5-17/h1-5,16,29-30H,6-15H2. The molecular weight excluding hydrogens is 460 g/mol. The lowest BCUT2D eigenvalue weighted by molar-refractivity contribution is 0.280. The third kappa shape index (κ3) is 5.97. The lowest BCUT2D eigenvalue weighted by atomic mass is 10.2. The maximum absolute atomic E-state index is 11.9. The molecular formula is C22H28N6O3S2. The second kappa shape index (κ2) is 11.7. The maximum atomic E-state index is 11.9. The summed E-state index contributed by atoms with van der Waals surface area (Å²) in [6.07, 6.45) is 2.45. The van der Waals surface area contributed by atoms with Crippen molar-refractivity contribution < 1.29 is 14.4 Å². The molecule has 1 aromatic carbocycles. The van der Waals surface area contributed by atoms with Crippen LogP contribution in [0, 0.1) is 0 Å². The second-order valence-electron chi connectivity index (χ2n) is 7.58. The largest absolute Gasteiger partial charge is 0.395 e. The van der Waals surface area contributed by atoms with Crippen molar-refractivity contribution in [3.05, 3.63) is 42.2 Å². The third-order valence-corrected chi connectivity index (χ3v) is 7.65. The van der Waals surface area contributed by atoms with Crippen molar-refractivity contribution in [2.45, 2.75) is 11.4 Å². The molecule has 4 rings (SSSR count). The van der Waals surface area contributed by atoms with E-state index in [4.69, 9.17) is 9.97 Å². The molecule has 176 valence electrons. The minimum Gasteiger partial charge on any atom is -0.395 e. The smallest absolute Gasteiger partial charge is 0.228 e. The molecule has 0 radical (unpaired) electrons. The van der Waals surface area contributed by atoms with Gasteiger partial charge < -0.3 is 20.0 Å². The number of aromatic nitrogens is 4. The van der Waals surface area contributed by atoms with E-state index in [0.717, 1.165) is 17.2 Å². The molecule has 0 saturated carbocycles. The van der Waals surface area contributed by atoms with Crippen LogP contribution in [0.4, 0.5) is 11.8 Å².